The first-order chi connectivity index (χ1) is 12.7. The van der Waals surface area contributed by atoms with E-state index in [-0.39, 0.29) is 18.1 Å². The zero-order valence-corrected chi connectivity index (χ0v) is 15.9. The standard InChI is InChI=1S/C19H18N2O3S2/c22-17-16-11-5-1-2-6-13(11)26-18(16)21-15(20-17)9-24-19(23)14-8-10-4-3-7-12(10)25-14/h8H,1-7,9H2,(H,20,21,22). The Balaban J connectivity index is 1.37. The first kappa shape index (κ1) is 16.2. The molecule has 0 aliphatic heterocycles. The number of nitrogens with zero attached hydrogens (tertiary/aromatic N) is 1. The van der Waals surface area contributed by atoms with Gasteiger partial charge in [-0.15, -0.1) is 22.7 Å². The fourth-order valence-corrected chi connectivity index (χ4v) is 6.34. The number of carbonyl (C=O) groups excluding carboxylic acids is 1. The van der Waals surface area contributed by atoms with E-state index in [0.29, 0.717) is 10.7 Å². The molecule has 7 heteroatoms. The van der Waals surface area contributed by atoms with E-state index >= 15 is 0 Å². The van der Waals surface area contributed by atoms with Crippen molar-refractivity contribution in [2.75, 3.05) is 0 Å². The molecule has 0 saturated carbocycles. The van der Waals surface area contributed by atoms with Crippen LogP contribution in [0.2, 0.25) is 0 Å². The van der Waals surface area contributed by atoms with Crippen LogP contribution in [0.25, 0.3) is 10.2 Å². The van der Waals surface area contributed by atoms with Gasteiger partial charge in [0.05, 0.1) is 5.39 Å². The van der Waals surface area contributed by atoms with E-state index in [4.69, 9.17) is 4.74 Å². The summed E-state index contributed by atoms with van der Waals surface area (Å²) in [5, 5.41) is 0.731. The smallest absolute Gasteiger partial charge is 0.348 e. The Kier molecular flexibility index (Phi) is 3.94. The van der Waals surface area contributed by atoms with Crippen molar-refractivity contribution in [1.82, 2.24) is 9.97 Å². The van der Waals surface area contributed by atoms with Crippen LogP contribution in [0.5, 0.6) is 0 Å². The first-order valence-corrected chi connectivity index (χ1v) is 10.6. The van der Waals surface area contributed by atoms with Crippen LogP contribution in [-0.2, 0) is 37.0 Å². The number of H-pyrrole nitrogens is 1. The lowest BCUT2D eigenvalue weighted by molar-refractivity contribution is 0.0468. The molecule has 3 aromatic heterocycles. The van der Waals surface area contributed by atoms with Crippen LogP contribution < -0.4 is 5.56 Å². The van der Waals surface area contributed by atoms with Crippen LogP contribution in [0.3, 0.4) is 0 Å². The second-order valence-electron chi connectivity index (χ2n) is 6.89. The molecule has 3 heterocycles. The zero-order chi connectivity index (χ0) is 17.7. The highest BCUT2D eigenvalue weighted by molar-refractivity contribution is 7.18. The molecule has 0 bridgehead atoms. The molecular formula is C19H18N2O3S2. The van der Waals surface area contributed by atoms with E-state index in [9.17, 15) is 9.59 Å². The zero-order valence-electron chi connectivity index (χ0n) is 14.2. The van der Waals surface area contributed by atoms with E-state index < -0.39 is 0 Å². The highest BCUT2D eigenvalue weighted by Gasteiger charge is 2.21. The molecule has 0 radical (unpaired) electrons. The summed E-state index contributed by atoms with van der Waals surface area (Å²) in [6.07, 6.45) is 7.57. The Morgan fingerprint density at radius 1 is 1.12 bits per heavy atom. The predicted molar refractivity (Wildman–Crippen MR) is 102 cm³/mol. The number of aryl methyl sites for hydroxylation is 4. The normalized spacial score (nSPS) is 15.8. The van der Waals surface area contributed by atoms with E-state index in [2.05, 4.69) is 9.97 Å². The van der Waals surface area contributed by atoms with Crippen LogP contribution in [0, 0.1) is 0 Å². The molecule has 1 N–H and O–H groups in total. The molecule has 0 spiro atoms. The monoisotopic (exact) mass is 386 g/mol. The predicted octanol–water partition coefficient (Wildman–Crippen LogP) is 3.77. The summed E-state index contributed by atoms with van der Waals surface area (Å²) in [5.41, 5.74) is 2.33. The third-order valence-corrected chi connectivity index (χ3v) is 7.56. The summed E-state index contributed by atoms with van der Waals surface area (Å²) in [4.78, 5) is 36.2. The Morgan fingerprint density at radius 2 is 1.96 bits per heavy atom. The summed E-state index contributed by atoms with van der Waals surface area (Å²) in [7, 11) is 0. The van der Waals surface area contributed by atoms with Gasteiger partial charge < -0.3 is 9.72 Å². The molecule has 0 unspecified atom stereocenters. The molecule has 3 aromatic rings. The van der Waals surface area contributed by atoms with Gasteiger partial charge in [-0.25, -0.2) is 9.78 Å². The number of thiophene rings is 2. The first-order valence-electron chi connectivity index (χ1n) is 9.01. The Hall–Kier alpha value is -1.99. The molecule has 0 amide bonds. The van der Waals surface area contributed by atoms with E-state index in [1.54, 1.807) is 11.3 Å². The van der Waals surface area contributed by atoms with Crippen molar-refractivity contribution in [3.05, 3.63) is 48.0 Å². The van der Waals surface area contributed by atoms with Crippen LogP contribution in [0.1, 0.15) is 55.6 Å². The maximum atomic E-state index is 12.5. The fourth-order valence-electron chi connectivity index (χ4n) is 3.91. The SMILES string of the molecule is O=C(OCc1nc2sc3c(c2c(=O)[nH]1)CCCC3)c1cc2c(s1)CCC2. The van der Waals surface area contributed by atoms with Crippen LogP contribution in [-0.4, -0.2) is 15.9 Å². The molecule has 2 aliphatic carbocycles. The molecule has 134 valence electrons. The lowest BCUT2D eigenvalue weighted by atomic mass is 9.97. The lowest BCUT2D eigenvalue weighted by Gasteiger charge is -2.09. The number of carbonyl (C=O) groups is 1. The number of hydrogen-bond acceptors (Lipinski definition) is 6. The maximum absolute atomic E-state index is 12.5. The van der Waals surface area contributed by atoms with Gasteiger partial charge in [-0.2, -0.15) is 0 Å². The van der Waals surface area contributed by atoms with Gasteiger partial charge >= 0.3 is 5.97 Å². The fraction of sp³-hybridized carbons (Fsp3) is 0.421. The quantitative estimate of drug-likeness (QED) is 0.696. The Labute approximate surface area is 158 Å². The second-order valence-corrected chi connectivity index (χ2v) is 9.11. The molecule has 26 heavy (non-hydrogen) atoms. The molecule has 0 atom stereocenters. The number of hydrogen-bond donors (Lipinski definition) is 1. The number of ether oxygens (including phenoxy) is 1. The van der Waals surface area contributed by atoms with E-state index in [1.807, 2.05) is 6.07 Å². The van der Waals surface area contributed by atoms with Crippen molar-refractivity contribution in [2.24, 2.45) is 0 Å². The minimum absolute atomic E-state index is 0.00481. The van der Waals surface area contributed by atoms with Gasteiger partial charge in [-0.1, -0.05) is 0 Å². The molecule has 5 nitrogen and oxygen atoms in total. The molecule has 0 fully saturated rings. The van der Waals surface area contributed by atoms with Crippen molar-refractivity contribution in [3.8, 4) is 0 Å². The number of esters is 1. The molecular weight excluding hydrogens is 368 g/mol. The van der Waals surface area contributed by atoms with Gasteiger partial charge in [0.1, 0.15) is 22.1 Å². The van der Waals surface area contributed by atoms with Gasteiger partial charge in [0.15, 0.2) is 0 Å². The van der Waals surface area contributed by atoms with Gasteiger partial charge in [0, 0.05) is 9.75 Å². The van der Waals surface area contributed by atoms with Crippen LogP contribution in [0.15, 0.2) is 10.9 Å². The second kappa shape index (κ2) is 6.32. The third-order valence-electron chi connectivity index (χ3n) is 5.16. The Bertz CT molecular complexity index is 1060. The molecule has 0 saturated heterocycles. The summed E-state index contributed by atoms with van der Waals surface area (Å²) < 4.78 is 5.40. The minimum atomic E-state index is -0.336. The molecule has 0 aromatic carbocycles. The van der Waals surface area contributed by atoms with E-state index in [0.717, 1.165) is 42.3 Å². The van der Waals surface area contributed by atoms with Crippen LogP contribution in [0.4, 0.5) is 0 Å². The van der Waals surface area contributed by atoms with E-state index in [1.165, 1.54) is 45.1 Å². The highest BCUT2D eigenvalue weighted by Crippen LogP contribution is 2.34. The average Bonchev–Trinajstić information content (AvgIpc) is 3.31. The minimum Gasteiger partial charge on any atom is -0.453 e. The van der Waals surface area contributed by atoms with Crippen molar-refractivity contribution in [3.63, 3.8) is 0 Å². The summed E-state index contributed by atoms with van der Waals surface area (Å²) in [6, 6.07) is 1.95. The number of fused-ring (bicyclic) bond motifs is 4. The van der Waals surface area contributed by atoms with Crippen molar-refractivity contribution >= 4 is 38.9 Å². The van der Waals surface area contributed by atoms with Crippen LogP contribution >= 0.6 is 22.7 Å². The van der Waals surface area contributed by atoms with Crippen molar-refractivity contribution in [2.45, 2.75) is 51.6 Å². The summed E-state index contributed by atoms with van der Waals surface area (Å²) in [6.45, 7) is -0.00481. The van der Waals surface area contributed by atoms with Gasteiger partial charge in [0.25, 0.3) is 5.56 Å². The third kappa shape index (κ3) is 2.70. The van der Waals surface area contributed by atoms with Crippen molar-refractivity contribution in [1.29, 1.82) is 0 Å². The molecule has 2 aliphatic rings. The lowest BCUT2D eigenvalue weighted by Crippen LogP contribution is -2.15. The summed E-state index contributed by atoms with van der Waals surface area (Å²) in [5.74, 6) is 0.0798. The summed E-state index contributed by atoms with van der Waals surface area (Å²) >= 11 is 3.13. The number of rotatable bonds is 3. The van der Waals surface area contributed by atoms with Crippen molar-refractivity contribution < 1.29 is 9.53 Å². The molecule has 5 rings (SSSR count). The van der Waals surface area contributed by atoms with Gasteiger partial charge in [-0.3, -0.25) is 4.79 Å². The largest absolute Gasteiger partial charge is 0.453 e. The topological polar surface area (TPSA) is 72.0 Å². The number of aromatic nitrogens is 2. The Morgan fingerprint density at radius 3 is 2.85 bits per heavy atom. The van der Waals surface area contributed by atoms with Gasteiger partial charge in [-0.05, 0) is 62.1 Å². The average molecular weight is 386 g/mol. The number of aromatic amines is 1. The van der Waals surface area contributed by atoms with Gasteiger partial charge in [0.2, 0.25) is 0 Å². The number of nitrogens with one attached hydrogen (secondary N) is 1. The maximum Gasteiger partial charge on any atom is 0.348 e. The highest BCUT2D eigenvalue weighted by atomic mass is 32.1.